The second-order valence-corrected chi connectivity index (χ2v) is 8.44. The predicted octanol–water partition coefficient (Wildman–Crippen LogP) is 2.28. The number of hydrogen-bond acceptors (Lipinski definition) is 5. The van der Waals surface area contributed by atoms with Crippen LogP contribution in [0.5, 0.6) is 0 Å². The summed E-state index contributed by atoms with van der Waals surface area (Å²) in [6, 6.07) is 11.4. The maximum Gasteiger partial charge on any atom is 0.256 e. The molecule has 0 bridgehead atoms. The van der Waals surface area contributed by atoms with Gasteiger partial charge < -0.3 is 19.3 Å². The summed E-state index contributed by atoms with van der Waals surface area (Å²) in [5.74, 6) is -1.59. The molecule has 2 aliphatic rings. The van der Waals surface area contributed by atoms with Gasteiger partial charge in [0.2, 0.25) is 0 Å². The first kappa shape index (κ1) is 24.3. The van der Waals surface area contributed by atoms with Gasteiger partial charge in [0.15, 0.2) is 0 Å². The van der Waals surface area contributed by atoms with Gasteiger partial charge in [-0.15, -0.1) is 0 Å². The molecule has 2 saturated heterocycles. The lowest BCUT2D eigenvalue weighted by molar-refractivity contribution is -0.0347. The van der Waals surface area contributed by atoms with Crippen LogP contribution in [0.2, 0.25) is 0 Å². The first-order chi connectivity index (χ1) is 16.5. The highest BCUT2D eigenvalue weighted by Gasteiger charge is 2.29. The highest BCUT2D eigenvalue weighted by molar-refractivity contribution is 5.95. The summed E-state index contributed by atoms with van der Waals surface area (Å²) in [6.45, 7) is 5.13. The van der Waals surface area contributed by atoms with E-state index < -0.39 is 23.6 Å². The van der Waals surface area contributed by atoms with Crippen molar-refractivity contribution in [1.29, 1.82) is 0 Å². The van der Waals surface area contributed by atoms with E-state index in [-0.39, 0.29) is 24.6 Å². The molecule has 4 rings (SSSR count). The van der Waals surface area contributed by atoms with Gasteiger partial charge in [-0.25, -0.2) is 8.78 Å². The smallest absolute Gasteiger partial charge is 0.256 e. The van der Waals surface area contributed by atoms with E-state index in [1.807, 2.05) is 0 Å². The van der Waals surface area contributed by atoms with Gasteiger partial charge in [0.25, 0.3) is 11.8 Å². The Balaban J connectivity index is 1.44. The van der Waals surface area contributed by atoms with Crippen molar-refractivity contribution < 1.29 is 27.8 Å². The van der Waals surface area contributed by atoms with Crippen molar-refractivity contribution in [3.05, 3.63) is 71.3 Å². The Labute approximate surface area is 197 Å². The Morgan fingerprint density at radius 2 is 1.71 bits per heavy atom. The molecule has 2 fully saturated rings. The molecule has 2 aromatic carbocycles. The van der Waals surface area contributed by atoms with Crippen LogP contribution in [-0.4, -0.2) is 98.3 Å². The van der Waals surface area contributed by atoms with Crippen LogP contribution in [0.4, 0.5) is 8.78 Å². The van der Waals surface area contributed by atoms with E-state index in [2.05, 4.69) is 4.90 Å². The maximum absolute atomic E-state index is 14.4. The third-order valence-electron chi connectivity index (χ3n) is 6.12. The predicted molar refractivity (Wildman–Crippen MR) is 122 cm³/mol. The van der Waals surface area contributed by atoms with Gasteiger partial charge >= 0.3 is 0 Å². The van der Waals surface area contributed by atoms with Crippen LogP contribution in [0.3, 0.4) is 0 Å². The molecular formula is C25H29F2N3O4. The molecule has 7 nitrogen and oxygen atoms in total. The SMILES string of the molecule is O=C(c1ccc(F)cc1)N1CCOC(CN(CCN2CCOCC2)C(=O)c2ccccc2F)C1. The van der Waals surface area contributed by atoms with Crippen molar-refractivity contribution >= 4 is 11.8 Å². The summed E-state index contributed by atoms with van der Waals surface area (Å²) in [6.07, 6.45) is -0.418. The zero-order valence-corrected chi connectivity index (χ0v) is 19.0. The summed E-state index contributed by atoms with van der Waals surface area (Å²) in [5, 5.41) is 0. The van der Waals surface area contributed by atoms with Crippen molar-refractivity contribution in [1.82, 2.24) is 14.7 Å². The average Bonchev–Trinajstić information content (AvgIpc) is 2.87. The quantitative estimate of drug-likeness (QED) is 0.618. The third-order valence-corrected chi connectivity index (χ3v) is 6.12. The average molecular weight is 474 g/mol. The molecule has 2 amide bonds. The molecular weight excluding hydrogens is 444 g/mol. The Morgan fingerprint density at radius 3 is 2.44 bits per heavy atom. The molecule has 9 heteroatoms. The molecule has 2 aliphatic heterocycles. The lowest BCUT2D eigenvalue weighted by atomic mass is 10.1. The minimum absolute atomic E-state index is 0.0135. The zero-order chi connectivity index (χ0) is 23.9. The first-order valence-electron chi connectivity index (χ1n) is 11.5. The Bertz CT molecular complexity index is 982. The van der Waals surface area contributed by atoms with Crippen LogP contribution in [0.25, 0.3) is 0 Å². The Morgan fingerprint density at radius 1 is 0.971 bits per heavy atom. The van der Waals surface area contributed by atoms with Crippen LogP contribution >= 0.6 is 0 Å². The van der Waals surface area contributed by atoms with Crippen LogP contribution in [0, 0.1) is 11.6 Å². The number of benzene rings is 2. The summed E-state index contributed by atoms with van der Waals surface area (Å²) in [4.78, 5) is 31.6. The van der Waals surface area contributed by atoms with Gasteiger partial charge in [-0.05, 0) is 36.4 Å². The second-order valence-electron chi connectivity index (χ2n) is 8.44. The Hall–Kier alpha value is -2.88. The largest absolute Gasteiger partial charge is 0.379 e. The van der Waals surface area contributed by atoms with Gasteiger partial charge in [0, 0.05) is 51.4 Å². The number of rotatable bonds is 7. The molecule has 182 valence electrons. The molecule has 0 spiro atoms. The normalized spacial score (nSPS) is 19.1. The van der Waals surface area contributed by atoms with E-state index in [4.69, 9.17) is 9.47 Å². The number of carbonyl (C=O) groups excluding carboxylic acids is 2. The van der Waals surface area contributed by atoms with Crippen LogP contribution in [-0.2, 0) is 9.47 Å². The van der Waals surface area contributed by atoms with Gasteiger partial charge in [0.05, 0.1) is 31.5 Å². The van der Waals surface area contributed by atoms with E-state index in [0.717, 1.165) is 13.1 Å². The minimum Gasteiger partial charge on any atom is -0.379 e. The van der Waals surface area contributed by atoms with Crippen molar-refractivity contribution in [2.24, 2.45) is 0 Å². The lowest BCUT2D eigenvalue weighted by Gasteiger charge is -2.37. The molecule has 1 unspecified atom stereocenters. The number of carbonyl (C=O) groups is 2. The number of amides is 2. The summed E-state index contributed by atoms with van der Waals surface area (Å²) < 4.78 is 38.9. The fourth-order valence-corrected chi connectivity index (χ4v) is 4.20. The molecule has 0 radical (unpaired) electrons. The molecule has 2 heterocycles. The third kappa shape index (κ3) is 6.16. The fourth-order valence-electron chi connectivity index (χ4n) is 4.20. The number of halogens is 2. The van der Waals surface area contributed by atoms with E-state index in [9.17, 15) is 18.4 Å². The van der Waals surface area contributed by atoms with Gasteiger partial charge in [-0.1, -0.05) is 12.1 Å². The van der Waals surface area contributed by atoms with E-state index in [1.54, 1.807) is 21.9 Å². The standard InChI is InChI=1S/C25H29F2N3O4/c26-20-7-5-19(6-8-20)24(31)30-13-16-34-21(18-30)17-29(10-9-28-11-14-33-15-12-28)25(32)22-3-1-2-4-23(22)27/h1-8,21H,9-18H2. The molecule has 0 aromatic heterocycles. The van der Waals surface area contributed by atoms with Crippen molar-refractivity contribution in [3.63, 3.8) is 0 Å². The molecule has 0 saturated carbocycles. The number of hydrogen-bond donors (Lipinski definition) is 0. The number of ether oxygens (including phenoxy) is 2. The van der Waals surface area contributed by atoms with Crippen LogP contribution in [0.1, 0.15) is 20.7 Å². The zero-order valence-electron chi connectivity index (χ0n) is 19.0. The molecule has 0 N–H and O–H groups in total. The highest BCUT2D eigenvalue weighted by atomic mass is 19.1. The van der Waals surface area contributed by atoms with E-state index in [1.165, 1.54) is 36.4 Å². The van der Waals surface area contributed by atoms with Gasteiger partial charge in [0.1, 0.15) is 11.6 Å². The fraction of sp³-hybridized carbons (Fsp3) is 0.440. The topological polar surface area (TPSA) is 62.3 Å². The maximum atomic E-state index is 14.4. The van der Waals surface area contributed by atoms with Gasteiger partial charge in [-0.3, -0.25) is 14.5 Å². The van der Waals surface area contributed by atoms with Gasteiger partial charge in [-0.2, -0.15) is 0 Å². The molecule has 2 aromatic rings. The number of morpholine rings is 2. The molecule has 34 heavy (non-hydrogen) atoms. The monoisotopic (exact) mass is 473 g/mol. The van der Waals surface area contributed by atoms with E-state index >= 15 is 0 Å². The van der Waals surface area contributed by atoms with Crippen molar-refractivity contribution in [2.75, 3.05) is 65.6 Å². The van der Waals surface area contributed by atoms with Crippen LogP contribution < -0.4 is 0 Å². The van der Waals surface area contributed by atoms with Crippen molar-refractivity contribution in [2.45, 2.75) is 6.10 Å². The number of nitrogens with zero attached hydrogens (tertiary/aromatic N) is 3. The second kappa shape index (κ2) is 11.5. The first-order valence-corrected chi connectivity index (χ1v) is 11.5. The molecule has 1 atom stereocenters. The summed E-state index contributed by atoms with van der Waals surface area (Å²) >= 11 is 0. The van der Waals surface area contributed by atoms with Crippen LogP contribution in [0.15, 0.2) is 48.5 Å². The summed E-state index contributed by atoms with van der Waals surface area (Å²) in [5.41, 5.74) is 0.410. The van der Waals surface area contributed by atoms with Crippen molar-refractivity contribution in [3.8, 4) is 0 Å². The Kier molecular flexibility index (Phi) is 8.21. The lowest BCUT2D eigenvalue weighted by Crippen LogP contribution is -2.52. The highest BCUT2D eigenvalue weighted by Crippen LogP contribution is 2.16. The molecule has 0 aliphatic carbocycles. The minimum atomic E-state index is -0.568. The van der Waals surface area contributed by atoms with E-state index in [0.29, 0.717) is 45.0 Å². The summed E-state index contributed by atoms with van der Waals surface area (Å²) in [7, 11) is 0.